The lowest BCUT2D eigenvalue weighted by Crippen LogP contribution is -2.41. The maximum atomic E-state index is 6.16. The van der Waals surface area contributed by atoms with Gasteiger partial charge in [-0.2, -0.15) is 0 Å². The van der Waals surface area contributed by atoms with Crippen LogP contribution >= 0.6 is 23.2 Å². The molecule has 86 valence electrons. The number of hydrogen-bond donors (Lipinski definition) is 1. The van der Waals surface area contributed by atoms with Gasteiger partial charge in [-0.25, -0.2) is 0 Å². The highest BCUT2D eigenvalue weighted by molar-refractivity contribution is 6.33. The molecule has 0 bridgehead atoms. The fraction of sp³-hybridized carbons (Fsp3) is 0.364. The molecule has 1 atom stereocenters. The van der Waals surface area contributed by atoms with Gasteiger partial charge in [-0.1, -0.05) is 23.2 Å². The van der Waals surface area contributed by atoms with Crippen LogP contribution in [-0.4, -0.2) is 31.0 Å². The van der Waals surface area contributed by atoms with E-state index in [2.05, 4.69) is 4.99 Å². The zero-order chi connectivity index (χ0) is 11.7. The smallest absolute Gasteiger partial charge is 0.191 e. The predicted octanol–water partition coefficient (Wildman–Crippen LogP) is 2.34. The van der Waals surface area contributed by atoms with E-state index in [9.17, 15) is 0 Å². The first-order chi connectivity index (χ1) is 7.58. The number of benzene rings is 1. The summed E-state index contributed by atoms with van der Waals surface area (Å²) in [6.45, 7) is 1.48. The van der Waals surface area contributed by atoms with Crippen LogP contribution in [-0.2, 0) is 0 Å². The van der Waals surface area contributed by atoms with Crippen LogP contribution in [0.1, 0.15) is 11.5 Å². The van der Waals surface area contributed by atoms with Gasteiger partial charge in [0.25, 0.3) is 0 Å². The molecule has 2 N–H and O–H groups in total. The Labute approximate surface area is 105 Å². The summed E-state index contributed by atoms with van der Waals surface area (Å²) in [6, 6.07) is 5.51. The van der Waals surface area contributed by atoms with E-state index in [1.54, 1.807) is 6.07 Å². The molecule has 0 amide bonds. The van der Waals surface area contributed by atoms with Crippen molar-refractivity contribution in [2.24, 2.45) is 10.7 Å². The van der Waals surface area contributed by atoms with Gasteiger partial charge in [0.2, 0.25) is 0 Å². The van der Waals surface area contributed by atoms with Gasteiger partial charge in [0, 0.05) is 29.6 Å². The zero-order valence-corrected chi connectivity index (χ0v) is 10.5. The molecule has 1 unspecified atom stereocenters. The molecule has 5 heteroatoms. The minimum absolute atomic E-state index is 0.253. The molecule has 3 nitrogen and oxygen atoms in total. The van der Waals surface area contributed by atoms with Crippen molar-refractivity contribution in [2.75, 3.05) is 20.1 Å². The maximum absolute atomic E-state index is 6.16. The van der Waals surface area contributed by atoms with Crippen molar-refractivity contribution in [1.82, 2.24) is 4.90 Å². The second-order valence-corrected chi connectivity index (χ2v) is 4.79. The van der Waals surface area contributed by atoms with Crippen molar-refractivity contribution in [1.29, 1.82) is 0 Å². The number of aliphatic imine (C=N–C) groups is 1. The topological polar surface area (TPSA) is 41.6 Å². The summed E-state index contributed by atoms with van der Waals surface area (Å²) < 4.78 is 0. The number of halogens is 2. The van der Waals surface area contributed by atoms with E-state index in [0.29, 0.717) is 17.5 Å². The number of rotatable bonds is 1. The second kappa shape index (κ2) is 4.52. The number of likely N-dealkylation sites (N-methyl/N-ethyl adjacent to an activating group) is 1. The van der Waals surface area contributed by atoms with Gasteiger partial charge >= 0.3 is 0 Å². The van der Waals surface area contributed by atoms with Crippen LogP contribution < -0.4 is 5.73 Å². The second-order valence-electron chi connectivity index (χ2n) is 3.94. The highest BCUT2D eigenvalue weighted by atomic mass is 35.5. The lowest BCUT2D eigenvalue weighted by molar-refractivity contribution is 0.422. The lowest BCUT2D eigenvalue weighted by atomic mass is 9.97. The Morgan fingerprint density at radius 3 is 2.88 bits per heavy atom. The summed E-state index contributed by atoms with van der Waals surface area (Å²) in [6.07, 6.45) is 0. The van der Waals surface area contributed by atoms with Gasteiger partial charge in [-0.15, -0.1) is 0 Å². The Kier molecular flexibility index (Phi) is 3.26. The minimum Gasteiger partial charge on any atom is -0.370 e. The maximum Gasteiger partial charge on any atom is 0.191 e. The standard InChI is InChI=1S/C11H13Cl2N3/c1-16-6-7(5-15-11(16)14)9-4-8(12)2-3-10(9)13/h2-4,7H,5-6H2,1H3,(H2,14,15). The first-order valence-electron chi connectivity index (χ1n) is 5.04. The molecule has 2 rings (SSSR count). The summed E-state index contributed by atoms with van der Waals surface area (Å²) in [5.74, 6) is 0.831. The monoisotopic (exact) mass is 257 g/mol. The number of guanidine groups is 1. The van der Waals surface area contributed by atoms with Crippen molar-refractivity contribution in [3.05, 3.63) is 33.8 Å². The zero-order valence-electron chi connectivity index (χ0n) is 8.95. The molecule has 0 saturated carbocycles. The van der Waals surface area contributed by atoms with E-state index in [1.165, 1.54) is 0 Å². The number of hydrogen-bond acceptors (Lipinski definition) is 3. The summed E-state index contributed by atoms with van der Waals surface area (Å²) in [4.78, 5) is 6.18. The highest BCUT2D eigenvalue weighted by Gasteiger charge is 2.21. The van der Waals surface area contributed by atoms with Crippen LogP contribution in [0, 0.1) is 0 Å². The summed E-state index contributed by atoms with van der Waals surface area (Å²) >= 11 is 12.1. The van der Waals surface area contributed by atoms with Crippen LogP contribution in [0.25, 0.3) is 0 Å². The molecule has 0 radical (unpaired) electrons. The Balaban J connectivity index is 2.29. The first kappa shape index (κ1) is 11.6. The Morgan fingerprint density at radius 1 is 1.44 bits per heavy atom. The quantitative estimate of drug-likeness (QED) is 0.840. The van der Waals surface area contributed by atoms with E-state index in [-0.39, 0.29) is 5.92 Å². The molecule has 1 aromatic rings. The molecule has 0 aromatic heterocycles. The van der Waals surface area contributed by atoms with Crippen molar-refractivity contribution < 1.29 is 0 Å². The molecular formula is C11H13Cl2N3. The largest absolute Gasteiger partial charge is 0.370 e. The van der Waals surface area contributed by atoms with Crippen LogP contribution in [0.3, 0.4) is 0 Å². The van der Waals surface area contributed by atoms with Crippen molar-refractivity contribution >= 4 is 29.2 Å². The van der Waals surface area contributed by atoms with Crippen LogP contribution in [0.2, 0.25) is 10.0 Å². The Hall–Kier alpha value is -0.930. The summed E-state index contributed by atoms with van der Waals surface area (Å²) in [5.41, 5.74) is 6.74. The van der Waals surface area contributed by atoms with E-state index in [0.717, 1.165) is 17.1 Å². The van der Waals surface area contributed by atoms with Gasteiger partial charge in [-0.05, 0) is 23.8 Å². The highest BCUT2D eigenvalue weighted by Crippen LogP contribution is 2.29. The first-order valence-corrected chi connectivity index (χ1v) is 5.79. The molecule has 0 aliphatic carbocycles. The average Bonchev–Trinajstić information content (AvgIpc) is 2.26. The van der Waals surface area contributed by atoms with Gasteiger partial charge in [0.15, 0.2) is 5.96 Å². The van der Waals surface area contributed by atoms with E-state index in [1.807, 2.05) is 24.1 Å². The third-order valence-corrected chi connectivity index (χ3v) is 3.34. The molecule has 1 aliphatic heterocycles. The molecule has 0 spiro atoms. The fourth-order valence-corrected chi connectivity index (χ4v) is 2.28. The minimum atomic E-state index is 0.253. The van der Waals surface area contributed by atoms with Gasteiger partial charge in [0.05, 0.1) is 6.54 Å². The normalized spacial score (nSPS) is 20.8. The fourth-order valence-electron chi connectivity index (χ4n) is 1.83. The average molecular weight is 258 g/mol. The molecule has 0 fully saturated rings. The van der Waals surface area contributed by atoms with Gasteiger partial charge < -0.3 is 10.6 Å². The third kappa shape index (κ3) is 2.25. The predicted molar refractivity (Wildman–Crippen MR) is 68.3 cm³/mol. The lowest BCUT2D eigenvalue weighted by Gasteiger charge is -2.29. The van der Waals surface area contributed by atoms with Crippen LogP contribution in [0.4, 0.5) is 0 Å². The van der Waals surface area contributed by atoms with E-state index < -0.39 is 0 Å². The van der Waals surface area contributed by atoms with Crippen molar-refractivity contribution in [3.63, 3.8) is 0 Å². The van der Waals surface area contributed by atoms with Gasteiger partial charge in [0.1, 0.15) is 0 Å². The summed E-state index contributed by atoms with van der Waals surface area (Å²) in [7, 11) is 1.92. The molecule has 0 saturated heterocycles. The van der Waals surface area contributed by atoms with Gasteiger partial charge in [-0.3, -0.25) is 4.99 Å². The molecular weight excluding hydrogens is 245 g/mol. The molecule has 1 heterocycles. The molecule has 1 aliphatic rings. The SMILES string of the molecule is CN1CC(c2cc(Cl)ccc2Cl)CN=C1N. The van der Waals surface area contributed by atoms with E-state index >= 15 is 0 Å². The van der Waals surface area contributed by atoms with Crippen molar-refractivity contribution in [3.8, 4) is 0 Å². The summed E-state index contributed by atoms with van der Waals surface area (Å²) in [5, 5.41) is 1.43. The molecule has 16 heavy (non-hydrogen) atoms. The van der Waals surface area contributed by atoms with E-state index in [4.69, 9.17) is 28.9 Å². The number of nitrogens with two attached hydrogens (primary N) is 1. The van der Waals surface area contributed by atoms with Crippen LogP contribution in [0.5, 0.6) is 0 Å². The molecule has 1 aromatic carbocycles. The van der Waals surface area contributed by atoms with Crippen molar-refractivity contribution in [2.45, 2.75) is 5.92 Å². The van der Waals surface area contributed by atoms with Crippen LogP contribution in [0.15, 0.2) is 23.2 Å². The Morgan fingerprint density at radius 2 is 2.19 bits per heavy atom. The number of nitrogens with zero attached hydrogens (tertiary/aromatic N) is 2. The third-order valence-electron chi connectivity index (χ3n) is 2.76. The Bertz CT molecular complexity index is 431.